The molecule has 3 rings (SSSR count). The summed E-state index contributed by atoms with van der Waals surface area (Å²) >= 11 is 0. The number of unbranched alkanes of at least 4 members (excludes halogenated alkanes) is 1. The predicted octanol–water partition coefficient (Wildman–Crippen LogP) is 2.08. The molecule has 0 saturated heterocycles. The molecule has 0 spiro atoms. The van der Waals surface area contributed by atoms with E-state index >= 15 is 0 Å². The Morgan fingerprint density at radius 2 is 2.05 bits per heavy atom. The van der Waals surface area contributed by atoms with Crippen LogP contribution in [0.5, 0.6) is 5.75 Å². The Labute approximate surface area is 126 Å². The Balaban J connectivity index is 1.83. The SMILES string of the molecule is CCCCOc1ccc(-c2cnnn2-c2nonc2N)cc1. The van der Waals surface area contributed by atoms with Crippen molar-refractivity contribution < 1.29 is 9.37 Å². The number of anilines is 1. The molecule has 0 radical (unpaired) electrons. The smallest absolute Gasteiger partial charge is 0.243 e. The molecule has 8 heteroatoms. The molecule has 2 N–H and O–H groups in total. The van der Waals surface area contributed by atoms with E-state index in [0.29, 0.717) is 5.82 Å². The van der Waals surface area contributed by atoms with Crippen molar-refractivity contribution >= 4 is 5.82 Å². The number of ether oxygens (including phenoxy) is 1. The Morgan fingerprint density at radius 3 is 2.73 bits per heavy atom. The van der Waals surface area contributed by atoms with Crippen molar-refractivity contribution in [2.24, 2.45) is 0 Å². The molecule has 0 saturated carbocycles. The van der Waals surface area contributed by atoms with Gasteiger partial charge in [0.15, 0.2) is 0 Å². The van der Waals surface area contributed by atoms with E-state index in [0.717, 1.165) is 36.5 Å². The van der Waals surface area contributed by atoms with Gasteiger partial charge in [-0.25, -0.2) is 4.63 Å². The molecule has 2 heterocycles. The third-order valence-corrected chi connectivity index (χ3v) is 3.16. The van der Waals surface area contributed by atoms with E-state index in [9.17, 15) is 0 Å². The average Bonchev–Trinajstić information content (AvgIpc) is 3.16. The highest BCUT2D eigenvalue weighted by molar-refractivity contribution is 5.62. The number of nitrogens with zero attached hydrogens (tertiary/aromatic N) is 5. The highest BCUT2D eigenvalue weighted by atomic mass is 16.6. The summed E-state index contributed by atoms with van der Waals surface area (Å²) in [4.78, 5) is 0. The van der Waals surface area contributed by atoms with Crippen LogP contribution in [0.4, 0.5) is 5.82 Å². The van der Waals surface area contributed by atoms with Crippen LogP contribution in [0.2, 0.25) is 0 Å². The zero-order chi connectivity index (χ0) is 15.4. The van der Waals surface area contributed by atoms with E-state index in [1.165, 1.54) is 4.68 Å². The normalized spacial score (nSPS) is 10.8. The van der Waals surface area contributed by atoms with Crippen LogP contribution < -0.4 is 10.5 Å². The first-order valence-corrected chi connectivity index (χ1v) is 7.02. The summed E-state index contributed by atoms with van der Waals surface area (Å²) in [7, 11) is 0. The van der Waals surface area contributed by atoms with E-state index in [1.807, 2.05) is 24.3 Å². The van der Waals surface area contributed by atoms with Gasteiger partial charge in [-0.15, -0.1) is 5.10 Å². The summed E-state index contributed by atoms with van der Waals surface area (Å²) in [5, 5.41) is 15.2. The van der Waals surface area contributed by atoms with Crippen molar-refractivity contribution in [2.75, 3.05) is 12.3 Å². The lowest BCUT2D eigenvalue weighted by Crippen LogP contribution is -2.03. The third kappa shape index (κ3) is 2.76. The van der Waals surface area contributed by atoms with Crippen molar-refractivity contribution in [2.45, 2.75) is 19.8 Å². The Hall–Kier alpha value is -2.90. The van der Waals surface area contributed by atoms with Crippen LogP contribution in [0, 0.1) is 0 Å². The van der Waals surface area contributed by atoms with E-state index < -0.39 is 0 Å². The van der Waals surface area contributed by atoms with Gasteiger partial charge in [0.05, 0.1) is 18.5 Å². The van der Waals surface area contributed by atoms with E-state index in [4.69, 9.17) is 10.5 Å². The molecule has 0 aliphatic rings. The Bertz CT molecular complexity index is 734. The van der Waals surface area contributed by atoms with Gasteiger partial charge in [-0.2, -0.15) is 4.68 Å². The minimum absolute atomic E-state index is 0.159. The van der Waals surface area contributed by atoms with Gasteiger partial charge in [0.2, 0.25) is 11.6 Å². The molecule has 1 aromatic carbocycles. The summed E-state index contributed by atoms with van der Waals surface area (Å²) in [5.41, 5.74) is 7.35. The molecule has 0 bridgehead atoms. The lowest BCUT2D eigenvalue weighted by Gasteiger charge is -2.07. The molecule has 3 aromatic rings. The van der Waals surface area contributed by atoms with Gasteiger partial charge in [0.25, 0.3) is 0 Å². The number of aromatic nitrogens is 5. The molecule has 8 nitrogen and oxygen atoms in total. The first-order valence-electron chi connectivity index (χ1n) is 7.02. The number of hydrogen-bond acceptors (Lipinski definition) is 7. The second-order valence-corrected chi connectivity index (χ2v) is 4.73. The maximum absolute atomic E-state index is 5.69. The summed E-state index contributed by atoms with van der Waals surface area (Å²) in [5.74, 6) is 1.31. The van der Waals surface area contributed by atoms with Crippen LogP contribution in [0.3, 0.4) is 0 Å². The van der Waals surface area contributed by atoms with Gasteiger partial charge in [0.1, 0.15) is 5.75 Å². The number of rotatable bonds is 6. The standard InChI is InChI=1S/C14H16N6O2/c1-2-3-8-21-11-6-4-10(5-7-11)12-9-16-19-20(12)14-13(15)17-22-18-14/h4-7,9H,2-3,8H2,1H3,(H2,15,17). The molecule has 0 aliphatic carbocycles. The fraction of sp³-hybridized carbons (Fsp3) is 0.286. The van der Waals surface area contributed by atoms with Crippen LogP contribution in [0.15, 0.2) is 35.1 Å². The average molecular weight is 300 g/mol. The number of benzene rings is 1. The molecular weight excluding hydrogens is 284 g/mol. The van der Waals surface area contributed by atoms with Crippen LogP contribution in [-0.2, 0) is 0 Å². The van der Waals surface area contributed by atoms with E-state index in [1.54, 1.807) is 6.20 Å². The summed E-state index contributed by atoms with van der Waals surface area (Å²) in [6, 6.07) is 7.68. The van der Waals surface area contributed by atoms with Gasteiger partial charge >= 0.3 is 0 Å². The second-order valence-electron chi connectivity index (χ2n) is 4.73. The van der Waals surface area contributed by atoms with Gasteiger partial charge in [-0.3, -0.25) is 0 Å². The lowest BCUT2D eigenvalue weighted by atomic mass is 10.1. The van der Waals surface area contributed by atoms with Gasteiger partial charge in [-0.1, -0.05) is 18.6 Å². The monoisotopic (exact) mass is 300 g/mol. The van der Waals surface area contributed by atoms with Crippen LogP contribution in [-0.4, -0.2) is 31.9 Å². The quantitative estimate of drug-likeness (QED) is 0.695. The van der Waals surface area contributed by atoms with E-state index in [2.05, 4.69) is 32.2 Å². The minimum atomic E-state index is 0.159. The second kappa shape index (κ2) is 6.25. The fourth-order valence-corrected chi connectivity index (χ4v) is 1.98. The molecule has 114 valence electrons. The highest BCUT2D eigenvalue weighted by Crippen LogP contribution is 2.24. The molecule has 0 unspecified atom stereocenters. The molecule has 0 amide bonds. The van der Waals surface area contributed by atoms with Gasteiger partial charge < -0.3 is 10.5 Å². The molecule has 2 aromatic heterocycles. The Kier molecular flexibility index (Phi) is 3.99. The number of nitrogens with two attached hydrogens (primary N) is 1. The molecule has 0 fully saturated rings. The summed E-state index contributed by atoms with van der Waals surface area (Å²) < 4.78 is 11.7. The lowest BCUT2D eigenvalue weighted by molar-refractivity contribution is 0.307. The van der Waals surface area contributed by atoms with Gasteiger partial charge in [-0.05, 0) is 41.0 Å². The zero-order valence-corrected chi connectivity index (χ0v) is 12.1. The highest BCUT2D eigenvalue weighted by Gasteiger charge is 2.15. The molecular formula is C14H16N6O2. The van der Waals surface area contributed by atoms with Gasteiger partial charge in [0, 0.05) is 5.56 Å². The Morgan fingerprint density at radius 1 is 1.23 bits per heavy atom. The zero-order valence-electron chi connectivity index (χ0n) is 12.1. The summed E-state index contributed by atoms with van der Waals surface area (Å²) in [6.45, 7) is 2.85. The summed E-state index contributed by atoms with van der Waals surface area (Å²) in [6.07, 6.45) is 3.77. The van der Waals surface area contributed by atoms with Crippen LogP contribution in [0.1, 0.15) is 19.8 Å². The maximum atomic E-state index is 5.69. The van der Waals surface area contributed by atoms with Crippen molar-refractivity contribution in [1.82, 2.24) is 25.3 Å². The first-order chi connectivity index (χ1) is 10.8. The van der Waals surface area contributed by atoms with Crippen molar-refractivity contribution in [3.63, 3.8) is 0 Å². The van der Waals surface area contributed by atoms with Crippen molar-refractivity contribution in [1.29, 1.82) is 0 Å². The number of hydrogen-bond donors (Lipinski definition) is 1. The fourth-order valence-electron chi connectivity index (χ4n) is 1.98. The van der Waals surface area contributed by atoms with Crippen LogP contribution in [0.25, 0.3) is 17.1 Å². The molecule has 0 atom stereocenters. The molecule has 0 aliphatic heterocycles. The maximum Gasteiger partial charge on any atom is 0.243 e. The largest absolute Gasteiger partial charge is 0.494 e. The molecule has 22 heavy (non-hydrogen) atoms. The van der Waals surface area contributed by atoms with Crippen LogP contribution >= 0.6 is 0 Å². The van der Waals surface area contributed by atoms with E-state index in [-0.39, 0.29) is 5.82 Å². The topological polar surface area (TPSA) is 105 Å². The predicted molar refractivity (Wildman–Crippen MR) is 79.5 cm³/mol. The minimum Gasteiger partial charge on any atom is -0.494 e. The van der Waals surface area contributed by atoms with Crippen molar-refractivity contribution in [3.05, 3.63) is 30.5 Å². The van der Waals surface area contributed by atoms with Crippen molar-refractivity contribution in [3.8, 4) is 22.8 Å². The number of nitrogen functional groups attached to an aromatic ring is 1. The third-order valence-electron chi connectivity index (χ3n) is 3.16. The first kappa shape index (κ1) is 14.1.